The molecule has 0 aromatic carbocycles. The summed E-state index contributed by atoms with van der Waals surface area (Å²) in [6.07, 6.45) is 0.907. The molecule has 0 radical (unpaired) electrons. The summed E-state index contributed by atoms with van der Waals surface area (Å²) in [4.78, 5) is 10.7. The third-order valence-electron chi connectivity index (χ3n) is 2.19. The van der Waals surface area contributed by atoms with E-state index in [2.05, 4.69) is 0 Å². The molecule has 1 aliphatic heterocycles. The van der Waals surface area contributed by atoms with E-state index in [1.807, 2.05) is 0 Å². The van der Waals surface area contributed by atoms with Gasteiger partial charge in [-0.1, -0.05) is 0 Å². The van der Waals surface area contributed by atoms with Gasteiger partial charge >= 0.3 is 5.97 Å². The largest absolute Gasteiger partial charge is 0.479 e. The van der Waals surface area contributed by atoms with E-state index in [0.717, 1.165) is 12.8 Å². The first-order valence-corrected chi connectivity index (χ1v) is 4.09. The average molecular weight is 174 g/mol. The molecule has 1 aliphatic rings. The van der Waals surface area contributed by atoms with Gasteiger partial charge in [0.25, 0.3) is 0 Å². The number of carboxylic acids is 1. The number of carbonyl (C=O) groups is 1. The first kappa shape index (κ1) is 9.48. The van der Waals surface area contributed by atoms with Gasteiger partial charge in [-0.2, -0.15) is 0 Å². The zero-order valence-electron chi connectivity index (χ0n) is 7.16. The highest BCUT2D eigenvalue weighted by molar-refractivity contribution is 5.72. The van der Waals surface area contributed by atoms with Crippen LogP contribution in [0, 0.1) is 5.92 Å². The molecule has 1 heterocycles. The standard InChI is InChI=1S/C8H14O4/c1-11-7(8(9)10)6-2-4-12-5-3-6/h6-7H,2-5H2,1H3,(H,9,10). The van der Waals surface area contributed by atoms with Gasteiger partial charge in [0.2, 0.25) is 0 Å². The number of aliphatic carboxylic acids is 1. The lowest BCUT2D eigenvalue weighted by Gasteiger charge is -2.26. The summed E-state index contributed by atoms with van der Waals surface area (Å²) in [6.45, 7) is 1.30. The van der Waals surface area contributed by atoms with Crippen molar-refractivity contribution in [3.63, 3.8) is 0 Å². The van der Waals surface area contributed by atoms with Crippen LogP contribution in [0.15, 0.2) is 0 Å². The van der Waals surface area contributed by atoms with Crippen molar-refractivity contribution in [1.82, 2.24) is 0 Å². The first-order chi connectivity index (χ1) is 5.75. The van der Waals surface area contributed by atoms with Crippen LogP contribution in [0.1, 0.15) is 12.8 Å². The van der Waals surface area contributed by atoms with Crippen LogP contribution in [-0.4, -0.2) is 37.5 Å². The molecule has 0 spiro atoms. The van der Waals surface area contributed by atoms with E-state index in [1.165, 1.54) is 7.11 Å². The molecule has 1 atom stereocenters. The molecule has 0 amide bonds. The highest BCUT2D eigenvalue weighted by atomic mass is 16.5. The second kappa shape index (κ2) is 4.42. The van der Waals surface area contributed by atoms with E-state index in [-0.39, 0.29) is 5.92 Å². The van der Waals surface area contributed by atoms with Gasteiger partial charge in [0, 0.05) is 26.2 Å². The van der Waals surface area contributed by atoms with Crippen LogP contribution in [-0.2, 0) is 14.3 Å². The van der Waals surface area contributed by atoms with E-state index in [1.54, 1.807) is 0 Å². The van der Waals surface area contributed by atoms with Crippen molar-refractivity contribution in [3.8, 4) is 0 Å². The molecule has 70 valence electrons. The number of methoxy groups -OCH3 is 1. The Morgan fingerprint density at radius 3 is 2.58 bits per heavy atom. The lowest BCUT2D eigenvalue weighted by atomic mass is 9.94. The van der Waals surface area contributed by atoms with E-state index in [4.69, 9.17) is 14.6 Å². The van der Waals surface area contributed by atoms with E-state index < -0.39 is 12.1 Å². The summed E-state index contributed by atoms with van der Waals surface area (Å²) in [5.74, 6) is -0.759. The Bertz CT molecular complexity index is 151. The monoisotopic (exact) mass is 174 g/mol. The normalized spacial score (nSPS) is 22.1. The highest BCUT2D eigenvalue weighted by Crippen LogP contribution is 2.20. The molecule has 0 aromatic rings. The molecule has 0 bridgehead atoms. The fourth-order valence-electron chi connectivity index (χ4n) is 1.51. The quantitative estimate of drug-likeness (QED) is 0.677. The topological polar surface area (TPSA) is 55.8 Å². The van der Waals surface area contributed by atoms with Crippen LogP contribution in [0.4, 0.5) is 0 Å². The average Bonchev–Trinajstić information content (AvgIpc) is 2.07. The van der Waals surface area contributed by atoms with Gasteiger partial charge < -0.3 is 14.6 Å². The molecule has 4 nitrogen and oxygen atoms in total. The second-order valence-electron chi connectivity index (χ2n) is 2.94. The van der Waals surface area contributed by atoms with Crippen LogP contribution in [0.2, 0.25) is 0 Å². The lowest BCUT2D eigenvalue weighted by Crippen LogP contribution is -2.35. The molecule has 0 saturated carbocycles. The maximum absolute atomic E-state index is 10.7. The highest BCUT2D eigenvalue weighted by Gasteiger charge is 2.29. The zero-order chi connectivity index (χ0) is 8.97. The van der Waals surface area contributed by atoms with Crippen molar-refractivity contribution in [2.45, 2.75) is 18.9 Å². The van der Waals surface area contributed by atoms with Crippen molar-refractivity contribution in [1.29, 1.82) is 0 Å². The summed E-state index contributed by atoms with van der Waals surface area (Å²) in [5.41, 5.74) is 0. The predicted octanol–water partition coefficient (Wildman–Crippen LogP) is 0.513. The molecule has 1 saturated heterocycles. The number of rotatable bonds is 3. The van der Waals surface area contributed by atoms with Crippen LogP contribution in [0.3, 0.4) is 0 Å². The molecule has 4 heteroatoms. The molecule has 0 aromatic heterocycles. The Balaban J connectivity index is 2.46. The molecule has 1 N–H and O–H groups in total. The van der Waals surface area contributed by atoms with Gasteiger partial charge in [-0.3, -0.25) is 0 Å². The Morgan fingerprint density at radius 2 is 2.17 bits per heavy atom. The van der Waals surface area contributed by atoms with E-state index in [9.17, 15) is 4.79 Å². The second-order valence-corrected chi connectivity index (χ2v) is 2.94. The van der Waals surface area contributed by atoms with Gasteiger partial charge in [0.1, 0.15) is 0 Å². The van der Waals surface area contributed by atoms with Gasteiger partial charge in [-0.25, -0.2) is 4.79 Å². The predicted molar refractivity (Wildman–Crippen MR) is 42.0 cm³/mol. The number of ether oxygens (including phenoxy) is 2. The van der Waals surface area contributed by atoms with Crippen molar-refractivity contribution < 1.29 is 19.4 Å². The molecular weight excluding hydrogens is 160 g/mol. The maximum Gasteiger partial charge on any atom is 0.333 e. The van der Waals surface area contributed by atoms with E-state index in [0.29, 0.717) is 13.2 Å². The zero-order valence-corrected chi connectivity index (χ0v) is 7.16. The third kappa shape index (κ3) is 2.19. The molecule has 0 aliphatic carbocycles. The summed E-state index contributed by atoms with van der Waals surface area (Å²) < 4.78 is 10.0. The van der Waals surface area contributed by atoms with Crippen LogP contribution in [0.5, 0.6) is 0 Å². The minimum absolute atomic E-state index is 0.112. The number of hydrogen-bond acceptors (Lipinski definition) is 3. The van der Waals surface area contributed by atoms with E-state index >= 15 is 0 Å². The summed E-state index contributed by atoms with van der Waals surface area (Å²) >= 11 is 0. The Labute approximate surface area is 71.5 Å². The summed E-state index contributed by atoms with van der Waals surface area (Å²) in [5, 5.41) is 8.76. The maximum atomic E-state index is 10.7. The van der Waals surface area contributed by atoms with Gasteiger partial charge in [-0.05, 0) is 12.8 Å². The Morgan fingerprint density at radius 1 is 1.58 bits per heavy atom. The molecule has 1 fully saturated rings. The van der Waals surface area contributed by atoms with Gasteiger partial charge in [0.05, 0.1) is 0 Å². The number of carboxylic acid groups (broad SMARTS) is 1. The fraction of sp³-hybridized carbons (Fsp3) is 0.875. The fourth-order valence-corrected chi connectivity index (χ4v) is 1.51. The number of hydrogen-bond donors (Lipinski definition) is 1. The van der Waals surface area contributed by atoms with Gasteiger partial charge in [0.15, 0.2) is 6.10 Å². The minimum atomic E-state index is -0.871. The Kier molecular flexibility index (Phi) is 3.49. The van der Waals surface area contributed by atoms with Crippen LogP contribution >= 0.6 is 0 Å². The van der Waals surface area contributed by atoms with Crippen molar-refractivity contribution in [2.24, 2.45) is 5.92 Å². The van der Waals surface area contributed by atoms with Gasteiger partial charge in [-0.15, -0.1) is 0 Å². The van der Waals surface area contributed by atoms with Crippen molar-refractivity contribution >= 4 is 5.97 Å². The molecule has 1 rings (SSSR count). The van der Waals surface area contributed by atoms with Crippen LogP contribution < -0.4 is 0 Å². The van der Waals surface area contributed by atoms with Crippen molar-refractivity contribution in [2.75, 3.05) is 20.3 Å². The molecular formula is C8H14O4. The first-order valence-electron chi connectivity index (χ1n) is 4.09. The van der Waals surface area contributed by atoms with Crippen molar-refractivity contribution in [3.05, 3.63) is 0 Å². The van der Waals surface area contributed by atoms with Crippen LogP contribution in [0.25, 0.3) is 0 Å². The molecule has 12 heavy (non-hydrogen) atoms. The smallest absolute Gasteiger partial charge is 0.333 e. The SMILES string of the molecule is COC(C(=O)O)C1CCOCC1. The molecule has 1 unspecified atom stereocenters. The summed E-state index contributed by atoms with van der Waals surface area (Å²) in [6, 6.07) is 0. The lowest BCUT2D eigenvalue weighted by molar-refractivity contribution is -0.154. The Hall–Kier alpha value is -0.610. The summed E-state index contributed by atoms with van der Waals surface area (Å²) in [7, 11) is 1.44. The third-order valence-corrected chi connectivity index (χ3v) is 2.19. The minimum Gasteiger partial charge on any atom is -0.479 e.